The van der Waals surface area contributed by atoms with E-state index in [4.69, 9.17) is 4.98 Å². The molecule has 5 heteroatoms. The third-order valence-corrected chi connectivity index (χ3v) is 7.81. The second-order valence-electron chi connectivity index (χ2n) is 10.5. The molecule has 1 aliphatic carbocycles. The molecule has 4 aromatic rings. The van der Waals surface area contributed by atoms with Gasteiger partial charge in [0.25, 0.3) is 0 Å². The number of hydrogen-bond donors (Lipinski definition) is 2. The summed E-state index contributed by atoms with van der Waals surface area (Å²) in [5.41, 5.74) is 9.36. The molecule has 1 saturated heterocycles. The molecule has 0 radical (unpaired) electrons. The van der Waals surface area contributed by atoms with Crippen LogP contribution in [0.15, 0.2) is 48.7 Å². The largest absolute Gasteiger partial charge is 0.344 e. The summed E-state index contributed by atoms with van der Waals surface area (Å²) in [5, 5.41) is 0. The maximum Gasteiger partial charge on any atom is 0.124 e. The Morgan fingerprint density at radius 2 is 1.84 bits per heavy atom. The molecule has 2 aromatic heterocycles. The third kappa shape index (κ3) is 4.99. The highest BCUT2D eigenvalue weighted by Crippen LogP contribution is 2.35. The number of likely N-dealkylation sites (tertiary alicyclic amines) is 1. The van der Waals surface area contributed by atoms with Crippen molar-refractivity contribution in [2.24, 2.45) is 0 Å². The second-order valence-corrected chi connectivity index (χ2v) is 10.5. The van der Waals surface area contributed by atoms with E-state index in [1.807, 2.05) is 6.20 Å². The van der Waals surface area contributed by atoms with Crippen LogP contribution in [0.25, 0.3) is 22.5 Å². The van der Waals surface area contributed by atoms with Gasteiger partial charge in [0.15, 0.2) is 0 Å². The molecule has 3 heterocycles. The first-order valence-electron chi connectivity index (χ1n) is 13.8. The lowest BCUT2D eigenvalue weighted by atomic mass is 9.99. The predicted octanol–water partition coefficient (Wildman–Crippen LogP) is 6.46. The molecule has 1 aliphatic heterocycles. The van der Waals surface area contributed by atoms with Crippen molar-refractivity contribution in [1.29, 1.82) is 0 Å². The van der Waals surface area contributed by atoms with Gasteiger partial charge in [0, 0.05) is 28.8 Å². The summed E-state index contributed by atoms with van der Waals surface area (Å²) in [5.74, 6) is 8.95. The first kappa shape index (κ1) is 23.8. The monoisotopic (exact) mass is 489 g/mol. The molecule has 188 valence electrons. The van der Waals surface area contributed by atoms with E-state index in [2.05, 4.69) is 88.1 Å². The molecule has 37 heavy (non-hydrogen) atoms. The van der Waals surface area contributed by atoms with Gasteiger partial charge in [-0.25, -0.2) is 9.97 Å². The van der Waals surface area contributed by atoms with E-state index in [0.717, 1.165) is 78.4 Å². The molecule has 6 rings (SSSR count). The van der Waals surface area contributed by atoms with Crippen molar-refractivity contribution in [3.8, 4) is 34.4 Å². The van der Waals surface area contributed by atoms with Crippen molar-refractivity contribution < 1.29 is 0 Å². The Labute approximate surface area is 219 Å². The van der Waals surface area contributed by atoms with Crippen molar-refractivity contribution in [3.63, 3.8) is 0 Å². The fraction of sp³-hybridized carbons (Fsp3) is 0.375. The smallest absolute Gasteiger partial charge is 0.124 e. The second kappa shape index (κ2) is 10.4. The quantitative estimate of drug-likeness (QED) is 0.316. The molecule has 0 amide bonds. The number of nitrogens with zero attached hydrogens (tertiary/aromatic N) is 3. The van der Waals surface area contributed by atoms with Crippen LogP contribution in [0.5, 0.6) is 0 Å². The Bertz CT molecular complexity index is 1450. The van der Waals surface area contributed by atoms with E-state index in [0.29, 0.717) is 6.04 Å². The summed E-state index contributed by atoms with van der Waals surface area (Å²) >= 11 is 0. The van der Waals surface area contributed by atoms with Gasteiger partial charge in [0.05, 0.1) is 23.6 Å². The summed E-state index contributed by atoms with van der Waals surface area (Å²) in [6.07, 6.45) is 11.0. The Morgan fingerprint density at radius 3 is 2.65 bits per heavy atom. The van der Waals surface area contributed by atoms with E-state index in [1.165, 1.54) is 36.1 Å². The number of imidazole rings is 2. The van der Waals surface area contributed by atoms with Crippen molar-refractivity contribution in [1.82, 2.24) is 24.8 Å². The van der Waals surface area contributed by atoms with Gasteiger partial charge in [0.2, 0.25) is 0 Å². The first-order valence-corrected chi connectivity index (χ1v) is 13.8. The minimum atomic E-state index is 0.420. The zero-order valence-corrected chi connectivity index (χ0v) is 21.9. The number of aryl methyl sites for hydroxylation is 3. The van der Waals surface area contributed by atoms with E-state index in [-0.39, 0.29) is 0 Å². The van der Waals surface area contributed by atoms with Crippen LogP contribution in [0.2, 0.25) is 0 Å². The lowest BCUT2D eigenvalue weighted by molar-refractivity contribution is 0.307. The molecule has 0 spiro atoms. The first-order chi connectivity index (χ1) is 18.2. The Kier molecular flexibility index (Phi) is 6.68. The van der Waals surface area contributed by atoms with Crippen LogP contribution < -0.4 is 0 Å². The lowest BCUT2D eigenvalue weighted by Crippen LogP contribution is -2.18. The summed E-state index contributed by atoms with van der Waals surface area (Å²) in [7, 11) is 2.21. The molecule has 1 unspecified atom stereocenters. The fourth-order valence-electron chi connectivity index (χ4n) is 5.67. The van der Waals surface area contributed by atoms with E-state index in [1.54, 1.807) is 0 Å². The average molecular weight is 490 g/mol. The van der Waals surface area contributed by atoms with Gasteiger partial charge in [-0.15, -0.1) is 0 Å². The van der Waals surface area contributed by atoms with E-state index >= 15 is 0 Å². The lowest BCUT2D eigenvalue weighted by Gasteiger charge is -2.16. The van der Waals surface area contributed by atoms with Crippen molar-refractivity contribution in [3.05, 3.63) is 82.7 Å². The van der Waals surface area contributed by atoms with Crippen LogP contribution in [0.1, 0.15) is 79.1 Å². The number of fused-ring (bicyclic) bond motifs is 3. The van der Waals surface area contributed by atoms with E-state index in [9.17, 15) is 0 Å². The van der Waals surface area contributed by atoms with Gasteiger partial charge in [-0.2, -0.15) is 0 Å². The molecule has 5 nitrogen and oxygen atoms in total. The molecule has 0 bridgehead atoms. The number of rotatable bonds is 5. The SMILES string of the molecule is CCCCc1ncc(-c2ccc(C#Cc3ccc4c(c3)CCCc3[nH]c(C5CCCN5C)nc3-4)cc2)[nH]1. The standard InChI is InChI=1S/C32H35N5/c1-3-4-10-30-33-21-28(34-30)24-16-13-22(14-17-24)11-12-23-15-18-26-25(20-23)7-5-8-27-31(26)36-32(35-27)29-9-6-19-37(29)2/h13-18,20-21,29H,3-10,19H2,1-2H3,(H,33,34)(H,35,36). The summed E-state index contributed by atoms with van der Waals surface area (Å²) < 4.78 is 0. The number of hydrogen-bond acceptors (Lipinski definition) is 3. The molecular formula is C32H35N5. The molecule has 2 aromatic carbocycles. The van der Waals surface area contributed by atoms with Crippen LogP contribution in [0.3, 0.4) is 0 Å². The number of aromatic amines is 2. The summed E-state index contributed by atoms with van der Waals surface area (Å²) in [4.78, 5) is 19.2. The maximum absolute atomic E-state index is 5.12. The Hall–Kier alpha value is -3.62. The number of nitrogens with one attached hydrogen (secondary N) is 2. The van der Waals surface area contributed by atoms with Crippen molar-refractivity contribution in [2.45, 2.75) is 64.3 Å². The molecule has 0 saturated carbocycles. The minimum absolute atomic E-state index is 0.420. The van der Waals surface area contributed by atoms with Crippen LogP contribution in [-0.2, 0) is 19.3 Å². The number of aromatic nitrogens is 4. The number of H-pyrrole nitrogens is 2. The van der Waals surface area contributed by atoms with Gasteiger partial charge in [0.1, 0.15) is 11.6 Å². The van der Waals surface area contributed by atoms with Gasteiger partial charge < -0.3 is 9.97 Å². The molecule has 1 atom stereocenters. The van der Waals surface area contributed by atoms with Gasteiger partial charge in [-0.05, 0) is 87.5 Å². The Morgan fingerprint density at radius 1 is 1.00 bits per heavy atom. The molecule has 2 N–H and O–H groups in total. The molecular weight excluding hydrogens is 454 g/mol. The highest BCUT2D eigenvalue weighted by atomic mass is 15.2. The van der Waals surface area contributed by atoms with Crippen molar-refractivity contribution >= 4 is 0 Å². The third-order valence-electron chi connectivity index (χ3n) is 7.81. The topological polar surface area (TPSA) is 60.6 Å². The number of benzene rings is 2. The highest BCUT2D eigenvalue weighted by molar-refractivity contribution is 5.69. The van der Waals surface area contributed by atoms with Crippen LogP contribution >= 0.6 is 0 Å². The highest BCUT2D eigenvalue weighted by Gasteiger charge is 2.28. The van der Waals surface area contributed by atoms with E-state index < -0.39 is 0 Å². The van der Waals surface area contributed by atoms with Gasteiger partial charge >= 0.3 is 0 Å². The van der Waals surface area contributed by atoms with Crippen LogP contribution in [-0.4, -0.2) is 38.4 Å². The van der Waals surface area contributed by atoms with Gasteiger partial charge in [-0.3, -0.25) is 4.90 Å². The van der Waals surface area contributed by atoms with Crippen molar-refractivity contribution in [2.75, 3.05) is 13.6 Å². The molecule has 1 fully saturated rings. The average Bonchev–Trinajstić information content (AvgIpc) is 3.65. The van der Waals surface area contributed by atoms with Crippen LogP contribution in [0, 0.1) is 11.8 Å². The summed E-state index contributed by atoms with van der Waals surface area (Å²) in [6, 6.07) is 15.5. The number of unbranched alkanes of at least 4 members (excludes halogenated alkanes) is 1. The maximum atomic E-state index is 5.12. The minimum Gasteiger partial charge on any atom is -0.344 e. The summed E-state index contributed by atoms with van der Waals surface area (Å²) in [6.45, 7) is 3.36. The normalized spacial score (nSPS) is 17.1. The zero-order chi connectivity index (χ0) is 25.2. The fourth-order valence-corrected chi connectivity index (χ4v) is 5.67. The zero-order valence-electron chi connectivity index (χ0n) is 21.9. The predicted molar refractivity (Wildman–Crippen MR) is 149 cm³/mol. The van der Waals surface area contributed by atoms with Gasteiger partial charge in [-0.1, -0.05) is 43.4 Å². The Balaban J connectivity index is 1.20. The van der Waals surface area contributed by atoms with Crippen LogP contribution in [0.4, 0.5) is 0 Å². The molecule has 2 aliphatic rings.